The summed E-state index contributed by atoms with van der Waals surface area (Å²) in [7, 11) is 0. The number of amidine groups is 1. The summed E-state index contributed by atoms with van der Waals surface area (Å²) in [6.45, 7) is 8.77. The van der Waals surface area contributed by atoms with Gasteiger partial charge in [0.2, 0.25) is 0 Å². The van der Waals surface area contributed by atoms with Gasteiger partial charge >= 0.3 is 0 Å². The third kappa shape index (κ3) is 4.61. The Balaban J connectivity index is 1.66. The van der Waals surface area contributed by atoms with Crippen LogP contribution in [0, 0.1) is 5.41 Å². The van der Waals surface area contributed by atoms with E-state index >= 15 is 0 Å². The summed E-state index contributed by atoms with van der Waals surface area (Å²) < 4.78 is 0. The van der Waals surface area contributed by atoms with E-state index in [0.29, 0.717) is 10.7 Å². The first-order valence-electron chi connectivity index (χ1n) is 6.36. The molecule has 0 aliphatic carbocycles. The maximum atomic E-state index is 4.57. The van der Waals surface area contributed by atoms with E-state index in [4.69, 9.17) is 0 Å². The average molecular weight is 283 g/mol. The van der Waals surface area contributed by atoms with Crippen LogP contribution in [0.3, 0.4) is 0 Å². The van der Waals surface area contributed by atoms with Crippen LogP contribution in [0.1, 0.15) is 32.2 Å². The number of hydrogen-bond acceptors (Lipinski definition) is 5. The third-order valence-electron chi connectivity index (χ3n) is 2.66. The van der Waals surface area contributed by atoms with Gasteiger partial charge in [0, 0.05) is 29.8 Å². The Morgan fingerprint density at radius 2 is 2.28 bits per heavy atom. The van der Waals surface area contributed by atoms with Crippen LogP contribution in [0.15, 0.2) is 16.6 Å². The van der Waals surface area contributed by atoms with E-state index in [0.717, 1.165) is 24.7 Å². The van der Waals surface area contributed by atoms with Crippen molar-refractivity contribution in [1.82, 2.24) is 10.3 Å². The molecule has 100 valence electrons. The van der Waals surface area contributed by atoms with Crippen molar-refractivity contribution in [2.24, 2.45) is 10.4 Å². The van der Waals surface area contributed by atoms with Crippen LogP contribution in [0.5, 0.6) is 0 Å². The van der Waals surface area contributed by atoms with Crippen LogP contribution in [-0.4, -0.2) is 28.5 Å². The first-order valence-corrected chi connectivity index (χ1v) is 8.12. The lowest BCUT2D eigenvalue weighted by molar-refractivity contribution is 0.375. The second kappa shape index (κ2) is 6.06. The fraction of sp³-hybridized carbons (Fsp3) is 0.692. The van der Waals surface area contributed by atoms with Gasteiger partial charge in [-0.2, -0.15) is 0 Å². The highest BCUT2D eigenvalue weighted by Gasteiger charge is 2.24. The lowest BCUT2D eigenvalue weighted by Crippen LogP contribution is -2.23. The Labute approximate surface area is 118 Å². The van der Waals surface area contributed by atoms with Gasteiger partial charge in [-0.25, -0.2) is 4.98 Å². The van der Waals surface area contributed by atoms with E-state index in [9.17, 15) is 0 Å². The molecule has 1 atom stereocenters. The molecule has 1 unspecified atom stereocenters. The normalized spacial score (nSPS) is 19.9. The van der Waals surface area contributed by atoms with E-state index in [-0.39, 0.29) is 0 Å². The van der Waals surface area contributed by atoms with E-state index in [2.05, 4.69) is 36.1 Å². The minimum absolute atomic E-state index is 0.392. The van der Waals surface area contributed by atoms with Crippen LogP contribution < -0.4 is 5.32 Å². The largest absolute Gasteiger partial charge is 0.364 e. The number of hydrogen-bond donors (Lipinski definition) is 1. The monoisotopic (exact) mass is 283 g/mol. The number of rotatable bonds is 4. The molecule has 1 aliphatic rings. The summed E-state index contributed by atoms with van der Waals surface area (Å²) in [5, 5.41) is 8.39. The smallest absolute Gasteiger partial charge is 0.156 e. The quantitative estimate of drug-likeness (QED) is 0.922. The van der Waals surface area contributed by atoms with Crippen molar-refractivity contribution < 1.29 is 0 Å². The summed E-state index contributed by atoms with van der Waals surface area (Å²) in [5.41, 5.74) is 0.392. The summed E-state index contributed by atoms with van der Waals surface area (Å²) >= 11 is 3.61. The van der Waals surface area contributed by atoms with Gasteiger partial charge in [0.25, 0.3) is 0 Å². The molecule has 1 N–H and O–H groups in total. The van der Waals surface area contributed by atoms with Crippen molar-refractivity contribution in [3.63, 3.8) is 0 Å². The maximum absolute atomic E-state index is 4.57. The van der Waals surface area contributed by atoms with Crippen LogP contribution in [0.4, 0.5) is 0 Å². The molecule has 3 nitrogen and oxygen atoms in total. The molecule has 1 aromatic rings. The Kier molecular flexibility index (Phi) is 4.67. The van der Waals surface area contributed by atoms with Gasteiger partial charge in [0.05, 0.1) is 11.6 Å². The molecular formula is C13H21N3S2. The molecule has 1 aromatic heterocycles. The lowest BCUT2D eigenvalue weighted by atomic mass is 9.90. The summed E-state index contributed by atoms with van der Waals surface area (Å²) in [4.78, 5) is 8.85. The Hall–Kier alpha value is -0.550. The van der Waals surface area contributed by atoms with Gasteiger partial charge in [-0.05, 0) is 11.8 Å². The van der Waals surface area contributed by atoms with Crippen molar-refractivity contribution in [2.45, 2.75) is 38.9 Å². The first-order chi connectivity index (χ1) is 8.53. The SMILES string of the molecule is CC(C)(C)CC1CN=C(NCCc2nccs2)S1. The molecular weight excluding hydrogens is 262 g/mol. The molecule has 0 saturated carbocycles. The Bertz CT molecular complexity index is 393. The zero-order valence-electron chi connectivity index (χ0n) is 11.3. The Morgan fingerprint density at radius 1 is 1.44 bits per heavy atom. The molecule has 0 aromatic carbocycles. The van der Waals surface area contributed by atoms with Crippen molar-refractivity contribution in [1.29, 1.82) is 0 Å². The van der Waals surface area contributed by atoms with Crippen LogP contribution in [-0.2, 0) is 6.42 Å². The van der Waals surface area contributed by atoms with Gasteiger partial charge in [-0.15, -0.1) is 11.3 Å². The second-order valence-corrected chi connectivity index (χ2v) is 8.02. The van der Waals surface area contributed by atoms with Gasteiger partial charge in [-0.3, -0.25) is 4.99 Å². The molecule has 0 bridgehead atoms. The number of nitrogens with one attached hydrogen (secondary N) is 1. The minimum Gasteiger partial charge on any atom is -0.364 e. The van der Waals surface area contributed by atoms with Crippen LogP contribution in [0.2, 0.25) is 0 Å². The fourth-order valence-corrected chi connectivity index (χ4v) is 3.96. The summed E-state index contributed by atoms with van der Waals surface area (Å²) in [6.07, 6.45) is 4.07. The average Bonchev–Trinajstić information content (AvgIpc) is 2.88. The molecule has 0 amide bonds. The van der Waals surface area contributed by atoms with E-state index in [1.165, 1.54) is 11.4 Å². The van der Waals surface area contributed by atoms with Crippen molar-refractivity contribution in [2.75, 3.05) is 13.1 Å². The zero-order valence-corrected chi connectivity index (χ0v) is 12.9. The zero-order chi connectivity index (χ0) is 13.0. The molecule has 2 heterocycles. The van der Waals surface area contributed by atoms with Gasteiger partial charge in [0.15, 0.2) is 5.17 Å². The molecule has 0 spiro atoms. The topological polar surface area (TPSA) is 37.3 Å². The van der Waals surface area contributed by atoms with Crippen molar-refractivity contribution >= 4 is 28.3 Å². The number of thioether (sulfide) groups is 1. The third-order valence-corrected chi connectivity index (χ3v) is 4.64. The highest BCUT2D eigenvalue weighted by Crippen LogP contribution is 2.31. The molecule has 0 radical (unpaired) electrons. The summed E-state index contributed by atoms with van der Waals surface area (Å²) in [5.74, 6) is 0. The fourth-order valence-electron chi connectivity index (χ4n) is 1.96. The van der Waals surface area contributed by atoms with Gasteiger partial charge in [0.1, 0.15) is 0 Å². The molecule has 5 heteroatoms. The summed E-state index contributed by atoms with van der Waals surface area (Å²) in [6, 6.07) is 0. The predicted molar refractivity (Wildman–Crippen MR) is 81.6 cm³/mol. The standard InChI is InChI=1S/C13H21N3S2/c1-13(2,3)8-10-9-16-12(18-10)15-5-4-11-14-6-7-17-11/h6-7,10H,4-5,8-9H2,1-3H3,(H,15,16). The molecule has 18 heavy (non-hydrogen) atoms. The predicted octanol–water partition coefficient (Wildman–Crippen LogP) is 3.18. The van der Waals surface area contributed by atoms with Crippen LogP contribution >= 0.6 is 23.1 Å². The molecule has 0 fully saturated rings. The number of aromatic nitrogens is 1. The highest BCUT2D eigenvalue weighted by atomic mass is 32.2. The number of aliphatic imine (C=N–C) groups is 1. The number of thiazole rings is 1. The van der Waals surface area contributed by atoms with E-state index in [1.807, 2.05) is 23.3 Å². The maximum Gasteiger partial charge on any atom is 0.156 e. The van der Waals surface area contributed by atoms with Crippen molar-refractivity contribution in [3.05, 3.63) is 16.6 Å². The van der Waals surface area contributed by atoms with Crippen molar-refractivity contribution in [3.8, 4) is 0 Å². The lowest BCUT2D eigenvalue weighted by Gasteiger charge is -2.21. The van der Waals surface area contributed by atoms with Gasteiger partial charge < -0.3 is 5.32 Å². The molecule has 0 saturated heterocycles. The van der Waals surface area contributed by atoms with Crippen LogP contribution in [0.25, 0.3) is 0 Å². The first kappa shape index (κ1) is 13.9. The van der Waals surface area contributed by atoms with E-state index in [1.54, 1.807) is 11.3 Å². The molecule has 2 rings (SSSR count). The number of nitrogens with zero attached hydrogens (tertiary/aromatic N) is 2. The minimum atomic E-state index is 0.392. The molecule has 1 aliphatic heterocycles. The second-order valence-electron chi connectivity index (χ2n) is 5.75. The highest BCUT2D eigenvalue weighted by molar-refractivity contribution is 8.14. The van der Waals surface area contributed by atoms with Gasteiger partial charge in [-0.1, -0.05) is 32.5 Å². The Morgan fingerprint density at radius 3 is 2.94 bits per heavy atom. The van der Waals surface area contributed by atoms with E-state index < -0.39 is 0 Å².